The van der Waals surface area contributed by atoms with Crippen LogP contribution in [0.2, 0.25) is 5.02 Å². The Balaban J connectivity index is 2.09. The third-order valence-electron chi connectivity index (χ3n) is 3.23. The van der Waals surface area contributed by atoms with Crippen LogP contribution in [0.1, 0.15) is 11.1 Å². The van der Waals surface area contributed by atoms with Crippen LogP contribution in [0.5, 0.6) is 5.75 Å². The van der Waals surface area contributed by atoms with E-state index >= 15 is 0 Å². The zero-order chi connectivity index (χ0) is 17.5. The summed E-state index contributed by atoms with van der Waals surface area (Å²) in [5, 5.41) is 11.7. The van der Waals surface area contributed by atoms with Crippen LogP contribution < -0.4 is 10.1 Å². The molecule has 0 bridgehead atoms. The number of likely N-dealkylation sites (N-methyl/N-ethyl adjacent to an activating group) is 1. The fraction of sp³-hybridized carbons (Fsp3) is 0.111. The highest BCUT2D eigenvalue weighted by atomic mass is 35.5. The van der Waals surface area contributed by atoms with Gasteiger partial charge in [0.15, 0.2) is 0 Å². The predicted molar refractivity (Wildman–Crippen MR) is 89.8 cm³/mol. The second-order valence-corrected chi connectivity index (χ2v) is 5.21. The van der Waals surface area contributed by atoms with Crippen molar-refractivity contribution in [3.63, 3.8) is 0 Å². The van der Waals surface area contributed by atoms with E-state index < -0.39 is 11.7 Å². The van der Waals surface area contributed by atoms with Crippen molar-refractivity contribution in [2.75, 3.05) is 7.05 Å². The van der Waals surface area contributed by atoms with E-state index in [1.54, 1.807) is 30.3 Å². The van der Waals surface area contributed by atoms with E-state index in [1.807, 2.05) is 6.07 Å². The number of carbonyl (C=O) groups excluding carboxylic acids is 1. The summed E-state index contributed by atoms with van der Waals surface area (Å²) in [6, 6.07) is 13.0. The molecule has 0 aliphatic carbocycles. The van der Waals surface area contributed by atoms with Gasteiger partial charge in [0.25, 0.3) is 5.91 Å². The first kappa shape index (κ1) is 17.5. The number of nitrogens with one attached hydrogen (secondary N) is 1. The molecule has 122 valence electrons. The predicted octanol–water partition coefficient (Wildman–Crippen LogP) is 3.71. The number of nitriles is 1. The molecule has 0 radical (unpaired) electrons. The lowest BCUT2D eigenvalue weighted by molar-refractivity contribution is -0.116. The van der Waals surface area contributed by atoms with E-state index in [-0.39, 0.29) is 17.7 Å². The average molecular weight is 345 g/mol. The molecule has 1 N–H and O–H groups in total. The molecule has 0 aromatic heterocycles. The molecule has 0 saturated carbocycles. The fourth-order valence-corrected chi connectivity index (χ4v) is 2.15. The van der Waals surface area contributed by atoms with Crippen molar-refractivity contribution in [1.29, 1.82) is 5.26 Å². The Morgan fingerprint density at radius 3 is 2.62 bits per heavy atom. The number of carbonyl (C=O) groups is 1. The maximum Gasteiger partial charge on any atom is 0.261 e. The smallest absolute Gasteiger partial charge is 0.261 e. The summed E-state index contributed by atoms with van der Waals surface area (Å²) < 4.78 is 19.2. The minimum Gasteiger partial charge on any atom is -0.489 e. The number of nitrogens with zero attached hydrogens (tertiary/aromatic N) is 1. The molecular weight excluding hydrogens is 331 g/mol. The number of benzene rings is 2. The quantitative estimate of drug-likeness (QED) is 0.664. The summed E-state index contributed by atoms with van der Waals surface area (Å²) in [5.74, 6) is -0.358. The second-order valence-electron chi connectivity index (χ2n) is 4.81. The van der Waals surface area contributed by atoms with Crippen molar-refractivity contribution < 1.29 is 13.9 Å². The van der Waals surface area contributed by atoms with Gasteiger partial charge < -0.3 is 10.1 Å². The number of amides is 1. The van der Waals surface area contributed by atoms with Gasteiger partial charge in [-0.25, -0.2) is 4.39 Å². The molecule has 0 aliphatic heterocycles. The molecule has 1 amide bonds. The van der Waals surface area contributed by atoms with E-state index in [0.717, 1.165) is 0 Å². The number of hydrogen-bond acceptors (Lipinski definition) is 3. The number of hydrogen-bond donors (Lipinski definition) is 1. The molecule has 0 aliphatic rings. The van der Waals surface area contributed by atoms with Crippen molar-refractivity contribution in [2.45, 2.75) is 6.61 Å². The van der Waals surface area contributed by atoms with E-state index in [0.29, 0.717) is 16.3 Å². The maximum absolute atomic E-state index is 13.7. The Morgan fingerprint density at radius 2 is 2.04 bits per heavy atom. The van der Waals surface area contributed by atoms with Crippen LogP contribution in [0.3, 0.4) is 0 Å². The highest BCUT2D eigenvalue weighted by molar-refractivity contribution is 6.31. The molecule has 0 heterocycles. The van der Waals surface area contributed by atoms with Gasteiger partial charge in [-0.3, -0.25) is 4.79 Å². The lowest BCUT2D eigenvalue weighted by Gasteiger charge is -2.09. The van der Waals surface area contributed by atoms with Gasteiger partial charge in [0.05, 0.1) is 5.02 Å². The van der Waals surface area contributed by atoms with Crippen LogP contribution in [0, 0.1) is 17.1 Å². The topological polar surface area (TPSA) is 62.1 Å². The molecule has 0 unspecified atom stereocenters. The van der Waals surface area contributed by atoms with Crippen LogP contribution in [-0.4, -0.2) is 13.0 Å². The normalized spacial score (nSPS) is 10.8. The van der Waals surface area contributed by atoms with Gasteiger partial charge in [0, 0.05) is 12.6 Å². The largest absolute Gasteiger partial charge is 0.489 e. The molecule has 0 saturated heterocycles. The molecule has 0 spiro atoms. The lowest BCUT2D eigenvalue weighted by atomic mass is 10.1. The van der Waals surface area contributed by atoms with Crippen molar-refractivity contribution in [3.05, 3.63) is 70.0 Å². The Morgan fingerprint density at radius 1 is 1.33 bits per heavy atom. The van der Waals surface area contributed by atoms with Crippen LogP contribution in [0.25, 0.3) is 6.08 Å². The van der Waals surface area contributed by atoms with E-state index in [9.17, 15) is 9.18 Å². The highest BCUT2D eigenvalue weighted by Crippen LogP contribution is 2.22. The van der Waals surface area contributed by atoms with Gasteiger partial charge in [-0.2, -0.15) is 5.26 Å². The van der Waals surface area contributed by atoms with Gasteiger partial charge in [0.2, 0.25) is 0 Å². The third kappa shape index (κ3) is 4.34. The number of rotatable bonds is 5. The van der Waals surface area contributed by atoms with E-state index in [1.165, 1.54) is 25.3 Å². The van der Waals surface area contributed by atoms with Gasteiger partial charge in [0.1, 0.15) is 29.8 Å². The average Bonchev–Trinajstić information content (AvgIpc) is 2.59. The minimum atomic E-state index is -0.452. The summed E-state index contributed by atoms with van der Waals surface area (Å²) in [7, 11) is 1.46. The van der Waals surface area contributed by atoms with Gasteiger partial charge in [-0.15, -0.1) is 0 Å². The summed E-state index contributed by atoms with van der Waals surface area (Å²) >= 11 is 5.94. The summed E-state index contributed by atoms with van der Waals surface area (Å²) in [6.07, 6.45) is 1.47. The van der Waals surface area contributed by atoms with E-state index in [4.69, 9.17) is 21.6 Å². The fourth-order valence-electron chi connectivity index (χ4n) is 1.94. The first-order chi connectivity index (χ1) is 11.5. The molecule has 0 atom stereocenters. The maximum atomic E-state index is 13.7. The van der Waals surface area contributed by atoms with Crippen molar-refractivity contribution in [1.82, 2.24) is 5.32 Å². The lowest BCUT2D eigenvalue weighted by Crippen LogP contribution is -2.19. The standard InChI is InChI=1S/C18H14ClFN2O2/c1-22-18(23)13(10-21)9-12-5-7-14(8-6-12)24-11-15-16(19)3-2-4-17(15)20/h2-9H,11H2,1H3,(H,22,23)/b13-9-. The zero-order valence-corrected chi connectivity index (χ0v) is 13.6. The Kier molecular flexibility index (Phi) is 5.94. The van der Waals surface area contributed by atoms with E-state index in [2.05, 4.69) is 5.32 Å². The van der Waals surface area contributed by atoms with Crippen LogP contribution in [0.4, 0.5) is 4.39 Å². The summed E-state index contributed by atoms with van der Waals surface area (Å²) in [6.45, 7) is 0.00236. The Bertz CT molecular complexity index is 791. The summed E-state index contributed by atoms with van der Waals surface area (Å²) in [4.78, 5) is 11.5. The second kappa shape index (κ2) is 8.14. The van der Waals surface area contributed by atoms with Crippen LogP contribution in [-0.2, 0) is 11.4 Å². The van der Waals surface area contributed by atoms with Gasteiger partial charge in [-0.1, -0.05) is 29.8 Å². The Hall–Kier alpha value is -2.84. The molecule has 0 fully saturated rings. The number of ether oxygens (including phenoxy) is 1. The number of halogens is 2. The van der Waals surface area contributed by atoms with Gasteiger partial charge >= 0.3 is 0 Å². The SMILES string of the molecule is CNC(=O)/C(C#N)=C\c1ccc(OCc2c(F)cccc2Cl)cc1. The first-order valence-corrected chi connectivity index (χ1v) is 7.42. The van der Waals surface area contributed by atoms with Crippen molar-refractivity contribution in [2.24, 2.45) is 0 Å². The molecule has 4 nitrogen and oxygen atoms in total. The molecule has 2 rings (SSSR count). The summed E-state index contributed by atoms with van der Waals surface area (Å²) in [5.41, 5.74) is 0.963. The van der Waals surface area contributed by atoms with Crippen LogP contribution >= 0.6 is 11.6 Å². The highest BCUT2D eigenvalue weighted by Gasteiger charge is 2.08. The van der Waals surface area contributed by atoms with Crippen LogP contribution in [0.15, 0.2) is 48.0 Å². The monoisotopic (exact) mass is 344 g/mol. The van der Waals surface area contributed by atoms with Crippen molar-refractivity contribution >= 4 is 23.6 Å². The molecule has 2 aromatic carbocycles. The molecule has 24 heavy (non-hydrogen) atoms. The molecule has 6 heteroatoms. The zero-order valence-electron chi connectivity index (χ0n) is 12.8. The van der Waals surface area contributed by atoms with Gasteiger partial charge in [-0.05, 0) is 35.9 Å². The Labute approximate surface area is 144 Å². The van der Waals surface area contributed by atoms with Crippen molar-refractivity contribution in [3.8, 4) is 11.8 Å². The third-order valence-corrected chi connectivity index (χ3v) is 3.58. The molecular formula is C18H14ClFN2O2. The minimum absolute atomic E-state index is 0.00236. The molecule has 2 aromatic rings. The first-order valence-electron chi connectivity index (χ1n) is 7.04.